The molecule has 2 rings (SSSR count). The van der Waals surface area contributed by atoms with Crippen LogP contribution in [0.4, 0.5) is 4.79 Å². The number of nitrogens with one attached hydrogen (secondary N) is 1. The summed E-state index contributed by atoms with van der Waals surface area (Å²) in [5, 5.41) is 10.1. The number of aromatic nitrogens is 3. The Morgan fingerprint density at radius 1 is 1.35 bits per heavy atom. The van der Waals surface area contributed by atoms with Gasteiger partial charge in [-0.15, -0.1) is 5.10 Å². The molecule has 1 aliphatic heterocycles. The highest BCUT2D eigenvalue weighted by Gasteiger charge is 2.43. The summed E-state index contributed by atoms with van der Waals surface area (Å²) in [5.74, 6) is -0.180. The summed E-state index contributed by atoms with van der Waals surface area (Å²) in [5.41, 5.74) is -0.787. The van der Waals surface area contributed by atoms with Crippen molar-refractivity contribution in [3.8, 4) is 0 Å². The number of amides is 3. The molecule has 0 aliphatic carbocycles. The summed E-state index contributed by atoms with van der Waals surface area (Å²) >= 11 is 0. The lowest BCUT2D eigenvalue weighted by Gasteiger charge is -2.15. The van der Waals surface area contributed by atoms with E-state index in [1.807, 2.05) is 0 Å². The number of rotatable bonds is 4. The molecule has 1 aromatic heterocycles. The molecule has 0 bridgehead atoms. The van der Waals surface area contributed by atoms with E-state index in [0.717, 1.165) is 0 Å². The Labute approximate surface area is 98.8 Å². The largest absolute Gasteiger partial charge is 0.325 e. The average molecular weight is 237 g/mol. The number of urea groups is 1. The van der Waals surface area contributed by atoms with Crippen LogP contribution >= 0.6 is 0 Å². The standard InChI is InChI=1S/C10H15N5O2/c1-10(2)8(16)15(9(17)12-10)6-3-5-14-7-4-11-13-14/h4,7H,3,5-6H2,1-2H3,(H,12,17). The maximum atomic E-state index is 11.8. The van der Waals surface area contributed by atoms with Crippen LogP contribution in [0.3, 0.4) is 0 Å². The second-order valence-electron chi connectivity index (χ2n) is 4.53. The van der Waals surface area contributed by atoms with Gasteiger partial charge in [0.15, 0.2) is 0 Å². The van der Waals surface area contributed by atoms with Crippen LogP contribution < -0.4 is 5.32 Å². The van der Waals surface area contributed by atoms with Gasteiger partial charge in [-0.1, -0.05) is 5.21 Å². The molecule has 1 aliphatic rings. The molecule has 17 heavy (non-hydrogen) atoms. The molecule has 0 radical (unpaired) electrons. The lowest BCUT2D eigenvalue weighted by molar-refractivity contribution is -0.130. The van der Waals surface area contributed by atoms with Gasteiger partial charge in [-0.2, -0.15) is 0 Å². The van der Waals surface area contributed by atoms with Crippen LogP contribution in [0.1, 0.15) is 20.3 Å². The van der Waals surface area contributed by atoms with Gasteiger partial charge in [0.05, 0.1) is 6.20 Å². The maximum absolute atomic E-state index is 11.8. The van der Waals surface area contributed by atoms with Gasteiger partial charge in [0, 0.05) is 19.3 Å². The van der Waals surface area contributed by atoms with E-state index in [-0.39, 0.29) is 11.9 Å². The number of carbonyl (C=O) groups is 2. The molecule has 2 heterocycles. The predicted molar refractivity (Wildman–Crippen MR) is 59.0 cm³/mol. The number of hydrogen-bond donors (Lipinski definition) is 1. The summed E-state index contributed by atoms with van der Waals surface area (Å²) < 4.78 is 1.67. The first-order valence-corrected chi connectivity index (χ1v) is 5.49. The van der Waals surface area contributed by atoms with Crippen molar-refractivity contribution in [3.63, 3.8) is 0 Å². The van der Waals surface area contributed by atoms with E-state index in [0.29, 0.717) is 19.5 Å². The van der Waals surface area contributed by atoms with Crippen molar-refractivity contribution in [2.24, 2.45) is 0 Å². The Balaban J connectivity index is 1.87. The summed E-state index contributed by atoms with van der Waals surface area (Å²) in [6.45, 7) is 4.43. The lowest BCUT2D eigenvalue weighted by Crippen LogP contribution is -2.40. The smallest absolute Gasteiger partial charge is 0.324 e. The van der Waals surface area contributed by atoms with E-state index in [1.54, 1.807) is 30.9 Å². The summed E-state index contributed by atoms with van der Waals surface area (Å²) in [4.78, 5) is 24.6. The minimum atomic E-state index is -0.787. The van der Waals surface area contributed by atoms with Gasteiger partial charge in [-0.25, -0.2) is 4.79 Å². The number of nitrogens with zero attached hydrogens (tertiary/aromatic N) is 4. The fourth-order valence-corrected chi connectivity index (χ4v) is 1.76. The quantitative estimate of drug-likeness (QED) is 0.747. The number of carbonyl (C=O) groups excluding carboxylic acids is 2. The van der Waals surface area contributed by atoms with E-state index < -0.39 is 5.54 Å². The van der Waals surface area contributed by atoms with Crippen LogP contribution in [-0.2, 0) is 11.3 Å². The van der Waals surface area contributed by atoms with Gasteiger partial charge < -0.3 is 5.32 Å². The van der Waals surface area contributed by atoms with Crippen LogP contribution in [0.25, 0.3) is 0 Å². The minimum Gasteiger partial charge on any atom is -0.324 e. The van der Waals surface area contributed by atoms with Crippen LogP contribution in [0.5, 0.6) is 0 Å². The van der Waals surface area contributed by atoms with E-state index in [1.165, 1.54) is 4.90 Å². The first-order chi connectivity index (χ1) is 8.00. The number of aryl methyl sites for hydroxylation is 1. The average Bonchev–Trinajstić information content (AvgIpc) is 2.80. The van der Waals surface area contributed by atoms with Crippen LogP contribution in [0.2, 0.25) is 0 Å². The second-order valence-corrected chi connectivity index (χ2v) is 4.53. The van der Waals surface area contributed by atoms with Gasteiger partial charge in [0.2, 0.25) is 0 Å². The zero-order valence-electron chi connectivity index (χ0n) is 9.88. The van der Waals surface area contributed by atoms with Crippen molar-refractivity contribution in [3.05, 3.63) is 12.4 Å². The van der Waals surface area contributed by atoms with Crippen molar-refractivity contribution in [1.29, 1.82) is 0 Å². The molecule has 1 aromatic rings. The van der Waals surface area contributed by atoms with Crippen molar-refractivity contribution in [2.75, 3.05) is 6.54 Å². The second kappa shape index (κ2) is 4.15. The Bertz CT molecular complexity index is 426. The van der Waals surface area contributed by atoms with Crippen LogP contribution in [0, 0.1) is 0 Å². The Kier molecular flexibility index (Phi) is 2.83. The van der Waals surface area contributed by atoms with Crippen LogP contribution in [-0.4, -0.2) is 43.9 Å². The summed E-state index contributed by atoms with van der Waals surface area (Å²) in [6, 6.07) is -0.321. The van der Waals surface area contributed by atoms with Gasteiger partial charge in [0.25, 0.3) is 5.91 Å². The number of imide groups is 1. The molecule has 7 heteroatoms. The Morgan fingerprint density at radius 3 is 2.65 bits per heavy atom. The minimum absolute atomic E-state index is 0.180. The summed E-state index contributed by atoms with van der Waals surface area (Å²) in [7, 11) is 0. The van der Waals surface area contributed by atoms with E-state index in [4.69, 9.17) is 0 Å². The normalized spacial score (nSPS) is 18.6. The molecular formula is C10H15N5O2. The third-order valence-electron chi connectivity index (χ3n) is 2.69. The Hall–Kier alpha value is -1.92. The van der Waals surface area contributed by atoms with E-state index in [2.05, 4.69) is 15.6 Å². The molecule has 0 saturated carbocycles. The van der Waals surface area contributed by atoms with Gasteiger partial charge in [-0.3, -0.25) is 14.4 Å². The third-order valence-corrected chi connectivity index (χ3v) is 2.69. The van der Waals surface area contributed by atoms with Gasteiger partial charge in [-0.05, 0) is 20.3 Å². The zero-order valence-corrected chi connectivity index (χ0v) is 9.88. The zero-order chi connectivity index (χ0) is 12.5. The molecule has 92 valence electrons. The van der Waals surface area contributed by atoms with E-state index in [9.17, 15) is 9.59 Å². The number of hydrogen-bond acceptors (Lipinski definition) is 4. The molecule has 0 aromatic carbocycles. The molecule has 0 spiro atoms. The van der Waals surface area contributed by atoms with Crippen molar-refractivity contribution < 1.29 is 9.59 Å². The molecule has 1 fully saturated rings. The highest BCUT2D eigenvalue weighted by molar-refractivity contribution is 6.06. The third kappa shape index (κ3) is 2.27. The molecule has 7 nitrogen and oxygen atoms in total. The van der Waals surface area contributed by atoms with Gasteiger partial charge in [0.1, 0.15) is 5.54 Å². The molecule has 0 unspecified atom stereocenters. The SMILES string of the molecule is CC1(C)NC(=O)N(CCCn2ccnn2)C1=O. The van der Waals surface area contributed by atoms with Gasteiger partial charge >= 0.3 is 6.03 Å². The van der Waals surface area contributed by atoms with E-state index >= 15 is 0 Å². The Morgan fingerprint density at radius 2 is 2.12 bits per heavy atom. The lowest BCUT2D eigenvalue weighted by atomic mass is 10.1. The summed E-state index contributed by atoms with van der Waals surface area (Å²) in [6.07, 6.45) is 4.01. The van der Waals surface area contributed by atoms with Crippen molar-refractivity contribution in [2.45, 2.75) is 32.4 Å². The van der Waals surface area contributed by atoms with Crippen LogP contribution in [0.15, 0.2) is 12.4 Å². The predicted octanol–water partition coefficient (Wildman–Crippen LogP) is -0.00140. The highest BCUT2D eigenvalue weighted by Crippen LogP contribution is 2.16. The topological polar surface area (TPSA) is 80.1 Å². The maximum Gasteiger partial charge on any atom is 0.325 e. The van der Waals surface area contributed by atoms with Crippen molar-refractivity contribution >= 4 is 11.9 Å². The molecule has 3 amide bonds. The van der Waals surface area contributed by atoms with Crippen molar-refractivity contribution in [1.82, 2.24) is 25.2 Å². The monoisotopic (exact) mass is 237 g/mol. The first kappa shape index (κ1) is 11.6. The fraction of sp³-hybridized carbons (Fsp3) is 0.600. The molecule has 0 atom stereocenters. The molecular weight excluding hydrogens is 222 g/mol. The fourth-order valence-electron chi connectivity index (χ4n) is 1.76. The molecule has 1 N–H and O–H groups in total. The highest BCUT2D eigenvalue weighted by atomic mass is 16.2. The molecule has 1 saturated heterocycles. The first-order valence-electron chi connectivity index (χ1n) is 5.49.